The van der Waals surface area contributed by atoms with Gasteiger partial charge in [0.25, 0.3) is 0 Å². The number of methoxy groups -OCH3 is 1. The molecule has 21 heavy (non-hydrogen) atoms. The Bertz CT molecular complexity index is 845. The second kappa shape index (κ2) is 5.18. The van der Waals surface area contributed by atoms with Crippen LogP contribution < -0.4 is 0 Å². The molecule has 0 aliphatic rings. The predicted molar refractivity (Wildman–Crippen MR) is 77.8 cm³/mol. The van der Waals surface area contributed by atoms with Crippen molar-refractivity contribution in [3.63, 3.8) is 0 Å². The molecular weight excluding hydrogens is 295 g/mol. The molecule has 0 unspecified atom stereocenters. The lowest BCUT2D eigenvalue weighted by molar-refractivity contribution is 0.0603. The first-order chi connectivity index (χ1) is 10.1. The molecule has 1 N–H and O–H groups in total. The van der Waals surface area contributed by atoms with Crippen LogP contribution >= 0.6 is 11.6 Å². The van der Waals surface area contributed by atoms with Gasteiger partial charge in [-0.05, 0) is 30.3 Å². The molecule has 106 valence electrons. The Morgan fingerprint density at radius 3 is 2.86 bits per heavy atom. The standard InChI is InChI=1S/C15H10ClFN2O2/c1-21-15(20)10-3-2-4-12-13(10)19-14(18-12)9-6-5-8(16)7-11(9)17/h2-7H,1H3,(H,18,19). The van der Waals surface area contributed by atoms with E-state index in [1.165, 1.54) is 19.2 Å². The van der Waals surface area contributed by atoms with E-state index in [9.17, 15) is 9.18 Å². The first-order valence-electron chi connectivity index (χ1n) is 6.12. The van der Waals surface area contributed by atoms with Gasteiger partial charge in [0.15, 0.2) is 0 Å². The SMILES string of the molecule is COC(=O)c1cccc2[nH]c(-c3ccc(Cl)cc3F)nc12. The van der Waals surface area contributed by atoms with Crippen LogP contribution in [0, 0.1) is 5.82 Å². The average molecular weight is 305 g/mol. The van der Waals surface area contributed by atoms with Crippen LogP contribution in [0.2, 0.25) is 5.02 Å². The van der Waals surface area contributed by atoms with Crippen LogP contribution in [0.15, 0.2) is 36.4 Å². The zero-order valence-electron chi connectivity index (χ0n) is 11.0. The van der Waals surface area contributed by atoms with Crippen molar-refractivity contribution in [2.75, 3.05) is 7.11 Å². The fraction of sp³-hybridized carbons (Fsp3) is 0.0667. The molecule has 3 rings (SSSR count). The number of hydrogen-bond acceptors (Lipinski definition) is 3. The number of ether oxygens (including phenoxy) is 1. The molecule has 2 aromatic carbocycles. The van der Waals surface area contributed by atoms with E-state index in [1.54, 1.807) is 24.3 Å². The zero-order valence-corrected chi connectivity index (χ0v) is 11.7. The lowest BCUT2D eigenvalue weighted by Gasteiger charge is -1.99. The number of imidazole rings is 1. The summed E-state index contributed by atoms with van der Waals surface area (Å²) >= 11 is 5.74. The van der Waals surface area contributed by atoms with Crippen LogP contribution in [0.4, 0.5) is 4.39 Å². The third-order valence-electron chi connectivity index (χ3n) is 3.10. The summed E-state index contributed by atoms with van der Waals surface area (Å²) < 4.78 is 18.7. The van der Waals surface area contributed by atoms with Crippen molar-refractivity contribution in [1.82, 2.24) is 9.97 Å². The number of hydrogen-bond donors (Lipinski definition) is 1. The van der Waals surface area contributed by atoms with E-state index >= 15 is 0 Å². The van der Waals surface area contributed by atoms with Gasteiger partial charge in [-0.2, -0.15) is 0 Å². The van der Waals surface area contributed by atoms with Crippen molar-refractivity contribution in [3.8, 4) is 11.4 Å². The first kappa shape index (κ1) is 13.6. The van der Waals surface area contributed by atoms with Gasteiger partial charge in [-0.25, -0.2) is 14.2 Å². The fourth-order valence-corrected chi connectivity index (χ4v) is 2.27. The molecule has 0 spiro atoms. The van der Waals surface area contributed by atoms with Gasteiger partial charge in [0.05, 0.1) is 23.8 Å². The van der Waals surface area contributed by atoms with Crippen LogP contribution in [0.1, 0.15) is 10.4 Å². The fourth-order valence-electron chi connectivity index (χ4n) is 2.12. The number of benzene rings is 2. The number of aromatic nitrogens is 2. The molecule has 0 saturated heterocycles. The van der Waals surface area contributed by atoms with Gasteiger partial charge in [-0.15, -0.1) is 0 Å². The monoisotopic (exact) mass is 304 g/mol. The molecule has 0 aliphatic heterocycles. The van der Waals surface area contributed by atoms with Crippen molar-refractivity contribution < 1.29 is 13.9 Å². The Balaban J connectivity index is 2.19. The average Bonchev–Trinajstić information content (AvgIpc) is 2.89. The van der Waals surface area contributed by atoms with Crippen molar-refractivity contribution in [1.29, 1.82) is 0 Å². The number of rotatable bonds is 2. The van der Waals surface area contributed by atoms with Crippen LogP contribution in [0.3, 0.4) is 0 Å². The highest BCUT2D eigenvalue weighted by molar-refractivity contribution is 6.30. The molecule has 0 saturated carbocycles. The summed E-state index contributed by atoms with van der Waals surface area (Å²) in [7, 11) is 1.30. The van der Waals surface area contributed by atoms with E-state index in [2.05, 4.69) is 9.97 Å². The molecule has 1 heterocycles. The van der Waals surface area contributed by atoms with Crippen molar-refractivity contribution in [2.45, 2.75) is 0 Å². The summed E-state index contributed by atoms with van der Waals surface area (Å²) in [6, 6.07) is 9.39. The number of aromatic amines is 1. The Labute approximate surface area is 124 Å². The minimum absolute atomic E-state index is 0.284. The normalized spacial score (nSPS) is 10.8. The van der Waals surface area contributed by atoms with Crippen LogP contribution in [-0.4, -0.2) is 23.0 Å². The van der Waals surface area contributed by atoms with E-state index in [4.69, 9.17) is 16.3 Å². The van der Waals surface area contributed by atoms with Gasteiger partial charge in [0, 0.05) is 5.02 Å². The number of halogens is 2. The molecule has 0 fully saturated rings. The van der Waals surface area contributed by atoms with Crippen molar-refractivity contribution in [3.05, 3.63) is 52.8 Å². The maximum atomic E-state index is 14.0. The van der Waals surface area contributed by atoms with E-state index in [0.29, 0.717) is 27.4 Å². The highest BCUT2D eigenvalue weighted by Crippen LogP contribution is 2.26. The van der Waals surface area contributed by atoms with E-state index in [-0.39, 0.29) is 5.56 Å². The summed E-state index contributed by atoms with van der Waals surface area (Å²) in [5.41, 5.74) is 1.68. The van der Waals surface area contributed by atoms with Gasteiger partial charge >= 0.3 is 5.97 Å². The highest BCUT2D eigenvalue weighted by atomic mass is 35.5. The van der Waals surface area contributed by atoms with Gasteiger partial charge in [-0.1, -0.05) is 17.7 Å². The molecule has 0 aliphatic carbocycles. The number of nitrogens with one attached hydrogen (secondary N) is 1. The van der Waals surface area contributed by atoms with Crippen LogP contribution in [0.25, 0.3) is 22.4 Å². The smallest absolute Gasteiger partial charge is 0.340 e. The molecule has 6 heteroatoms. The van der Waals surface area contributed by atoms with E-state index < -0.39 is 11.8 Å². The summed E-state index contributed by atoms with van der Waals surface area (Å²) in [6.07, 6.45) is 0. The lowest BCUT2D eigenvalue weighted by atomic mass is 10.2. The summed E-state index contributed by atoms with van der Waals surface area (Å²) in [5.74, 6) is -0.646. The first-order valence-corrected chi connectivity index (χ1v) is 6.50. The number of fused-ring (bicyclic) bond motifs is 1. The molecule has 3 aromatic rings. The third-order valence-corrected chi connectivity index (χ3v) is 3.34. The maximum absolute atomic E-state index is 14.0. The summed E-state index contributed by atoms with van der Waals surface area (Å²) in [6.45, 7) is 0. The number of H-pyrrole nitrogens is 1. The van der Waals surface area contributed by atoms with Crippen molar-refractivity contribution >= 4 is 28.6 Å². The molecule has 0 atom stereocenters. The molecular formula is C15H10ClFN2O2. The highest BCUT2D eigenvalue weighted by Gasteiger charge is 2.16. The second-order valence-corrected chi connectivity index (χ2v) is 4.84. The largest absolute Gasteiger partial charge is 0.465 e. The number of carbonyl (C=O) groups is 1. The summed E-state index contributed by atoms with van der Waals surface area (Å²) in [5, 5.41) is 0.308. The second-order valence-electron chi connectivity index (χ2n) is 4.40. The lowest BCUT2D eigenvalue weighted by Crippen LogP contribution is -2.01. The number of para-hydroxylation sites is 1. The van der Waals surface area contributed by atoms with Gasteiger partial charge in [0.2, 0.25) is 0 Å². The zero-order chi connectivity index (χ0) is 15.0. The number of esters is 1. The quantitative estimate of drug-likeness (QED) is 0.732. The molecule has 1 aromatic heterocycles. The van der Waals surface area contributed by atoms with Gasteiger partial charge in [0.1, 0.15) is 17.2 Å². The van der Waals surface area contributed by atoms with E-state index in [0.717, 1.165) is 0 Å². The molecule has 0 bridgehead atoms. The Morgan fingerprint density at radius 2 is 2.14 bits per heavy atom. The van der Waals surface area contributed by atoms with Crippen molar-refractivity contribution in [2.24, 2.45) is 0 Å². The van der Waals surface area contributed by atoms with Gasteiger partial charge < -0.3 is 9.72 Å². The number of nitrogens with zero attached hydrogens (tertiary/aromatic N) is 1. The topological polar surface area (TPSA) is 55.0 Å². The van der Waals surface area contributed by atoms with Gasteiger partial charge in [-0.3, -0.25) is 0 Å². The van der Waals surface area contributed by atoms with E-state index in [1.807, 2.05) is 0 Å². The third kappa shape index (κ3) is 2.36. The minimum Gasteiger partial charge on any atom is -0.465 e. The Kier molecular flexibility index (Phi) is 3.35. The summed E-state index contributed by atoms with van der Waals surface area (Å²) in [4.78, 5) is 19.0. The maximum Gasteiger partial charge on any atom is 0.340 e. The van der Waals surface area contributed by atoms with Crippen LogP contribution in [0.5, 0.6) is 0 Å². The Hall–Kier alpha value is -2.40. The molecule has 0 radical (unpaired) electrons. The number of carbonyl (C=O) groups excluding carboxylic acids is 1. The minimum atomic E-state index is -0.491. The van der Waals surface area contributed by atoms with Crippen LogP contribution in [-0.2, 0) is 4.74 Å². The molecule has 4 nitrogen and oxygen atoms in total. The molecule has 0 amide bonds. The predicted octanol–water partition coefficient (Wildman–Crippen LogP) is 3.81. The Morgan fingerprint density at radius 1 is 1.33 bits per heavy atom.